The molecule has 8 nitrogen and oxygen atoms in total. The van der Waals surface area contributed by atoms with Gasteiger partial charge in [-0.3, -0.25) is 9.69 Å². The molecule has 9 heteroatoms. The van der Waals surface area contributed by atoms with Gasteiger partial charge in [0.1, 0.15) is 11.4 Å². The molecule has 1 aromatic carbocycles. The van der Waals surface area contributed by atoms with Gasteiger partial charge in [-0.25, -0.2) is 4.98 Å². The first-order valence-corrected chi connectivity index (χ1v) is 11.0. The van der Waals surface area contributed by atoms with Crippen molar-refractivity contribution in [3.63, 3.8) is 0 Å². The second kappa shape index (κ2) is 9.77. The summed E-state index contributed by atoms with van der Waals surface area (Å²) in [6, 6.07) is 7.65. The molecule has 1 fully saturated rings. The number of aliphatic hydroxyl groups excluding tert-OH is 1. The van der Waals surface area contributed by atoms with Gasteiger partial charge in [-0.2, -0.15) is 0 Å². The largest absolute Gasteiger partial charge is 0.495 e. The van der Waals surface area contributed by atoms with E-state index in [0.29, 0.717) is 22.8 Å². The molecule has 0 atom stereocenters. The van der Waals surface area contributed by atoms with Crippen LogP contribution in [0, 0.1) is 0 Å². The fraction of sp³-hybridized carbons (Fsp3) is 0.391. The van der Waals surface area contributed by atoms with Gasteiger partial charge in [-0.1, -0.05) is 11.6 Å². The van der Waals surface area contributed by atoms with Crippen LogP contribution in [0.15, 0.2) is 36.7 Å². The number of carboxylic acid groups (broad SMARTS) is 1. The molecule has 0 unspecified atom stereocenters. The van der Waals surface area contributed by atoms with E-state index in [9.17, 15) is 9.90 Å². The summed E-state index contributed by atoms with van der Waals surface area (Å²) in [5, 5.41) is 19.1. The summed E-state index contributed by atoms with van der Waals surface area (Å²) in [6.07, 6.45) is 4.82. The Balaban J connectivity index is 1.50. The van der Waals surface area contributed by atoms with Gasteiger partial charge in [0.2, 0.25) is 0 Å². The number of hydrogen-bond acceptors (Lipinski definition) is 6. The van der Waals surface area contributed by atoms with Crippen molar-refractivity contribution in [3.05, 3.63) is 47.2 Å². The molecular weight excluding hydrogens is 432 g/mol. The number of ether oxygens (including phenoxy) is 1. The van der Waals surface area contributed by atoms with Crippen molar-refractivity contribution in [2.45, 2.75) is 19.4 Å². The highest BCUT2D eigenvalue weighted by Gasteiger charge is 2.18. The van der Waals surface area contributed by atoms with E-state index in [2.05, 4.69) is 21.9 Å². The topological polar surface area (TPSA) is 90.5 Å². The monoisotopic (exact) mass is 458 g/mol. The standard InChI is InChI=1S/C23H27ClN4O4/c1-32-21-11-16(15-29)18(13-19(21)24)20-14-28-6-4-17(12-22(28)25-20)27-9-7-26(8-10-27)5-2-3-23(30)31/h4,6,11-14,29H,2-3,5,7-10,15H2,1H3,(H,30,31). The molecule has 2 aromatic heterocycles. The molecule has 2 N–H and O–H groups in total. The smallest absolute Gasteiger partial charge is 0.303 e. The van der Waals surface area contributed by atoms with Gasteiger partial charge in [-0.05, 0) is 36.7 Å². The summed E-state index contributed by atoms with van der Waals surface area (Å²) in [7, 11) is 1.55. The SMILES string of the molecule is COc1cc(CO)c(-c2cn3ccc(N4CCN(CCCC(=O)O)CC4)cc3n2)cc1Cl. The molecule has 4 rings (SSSR count). The van der Waals surface area contributed by atoms with Crippen molar-refractivity contribution >= 4 is 28.9 Å². The van der Waals surface area contributed by atoms with Crippen LogP contribution in [0.25, 0.3) is 16.9 Å². The van der Waals surface area contributed by atoms with Crippen molar-refractivity contribution in [1.29, 1.82) is 0 Å². The summed E-state index contributed by atoms with van der Waals surface area (Å²) in [5.41, 5.74) is 4.14. The lowest BCUT2D eigenvalue weighted by Gasteiger charge is -2.36. The molecule has 1 aliphatic heterocycles. The van der Waals surface area contributed by atoms with Crippen LogP contribution >= 0.6 is 11.6 Å². The highest BCUT2D eigenvalue weighted by Crippen LogP contribution is 2.34. The zero-order valence-corrected chi connectivity index (χ0v) is 18.8. The Labute approximate surface area is 191 Å². The minimum atomic E-state index is -0.737. The zero-order chi connectivity index (χ0) is 22.7. The van der Waals surface area contributed by atoms with E-state index in [1.807, 2.05) is 16.8 Å². The number of halogens is 1. The number of rotatable bonds is 8. The normalized spacial score (nSPS) is 14.8. The maximum Gasteiger partial charge on any atom is 0.303 e. The highest BCUT2D eigenvalue weighted by molar-refractivity contribution is 6.32. The number of carbonyl (C=O) groups is 1. The second-order valence-corrected chi connectivity index (χ2v) is 8.31. The van der Waals surface area contributed by atoms with Crippen LogP contribution in [-0.4, -0.2) is 70.3 Å². The molecule has 1 saturated heterocycles. The van der Waals surface area contributed by atoms with Crippen molar-refractivity contribution < 1.29 is 19.7 Å². The van der Waals surface area contributed by atoms with Crippen molar-refractivity contribution in [3.8, 4) is 17.0 Å². The van der Waals surface area contributed by atoms with Crippen LogP contribution in [0.5, 0.6) is 5.75 Å². The number of hydrogen-bond donors (Lipinski definition) is 2. The van der Waals surface area contributed by atoms with E-state index in [-0.39, 0.29) is 13.0 Å². The van der Waals surface area contributed by atoms with Gasteiger partial charge >= 0.3 is 5.97 Å². The van der Waals surface area contributed by atoms with E-state index in [0.717, 1.165) is 55.3 Å². The Kier molecular flexibility index (Phi) is 6.83. The van der Waals surface area contributed by atoms with Crippen molar-refractivity contribution in [2.75, 3.05) is 44.7 Å². The first-order chi connectivity index (χ1) is 15.5. The van der Waals surface area contributed by atoms with E-state index < -0.39 is 5.97 Å². The number of imidazole rings is 1. The van der Waals surface area contributed by atoms with Crippen molar-refractivity contribution in [1.82, 2.24) is 14.3 Å². The molecule has 0 bridgehead atoms. The highest BCUT2D eigenvalue weighted by atomic mass is 35.5. The quantitative estimate of drug-likeness (QED) is 0.535. The number of methoxy groups -OCH3 is 1. The molecular formula is C23H27ClN4O4. The van der Waals surface area contributed by atoms with Crippen LogP contribution in [0.4, 0.5) is 5.69 Å². The van der Waals surface area contributed by atoms with Gasteiger partial charge in [0.05, 0.1) is 24.4 Å². The minimum absolute atomic E-state index is 0.140. The van der Waals surface area contributed by atoms with Crippen molar-refractivity contribution in [2.24, 2.45) is 0 Å². The first kappa shape index (κ1) is 22.4. The average molecular weight is 459 g/mol. The number of fused-ring (bicyclic) bond motifs is 1. The van der Waals surface area contributed by atoms with Crippen LogP contribution < -0.4 is 9.64 Å². The van der Waals surface area contributed by atoms with Crippen LogP contribution in [0.2, 0.25) is 5.02 Å². The fourth-order valence-corrected chi connectivity index (χ4v) is 4.34. The molecule has 0 radical (unpaired) electrons. The third-order valence-corrected chi connectivity index (χ3v) is 6.17. The predicted molar refractivity (Wildman–Crippen MR) is 124 cm³/mol. The Morgan fingerprint density at radius 3 is 2.69 bits per heavy atom. The number of pyridine rings is 1. The van der Waals surface area contributed by atoms with E-state index in [4.69, 9.17) is 26.4 Å². The third-order valence-electron chi connectivity index (χ3n) is 5.87. The molecule has 0 saturated carbocycles. The lowest BCUT2D eigenvalue weighted by atomic mass is 10.1. The molecule has 3 heterocycles. The summed E-state index contributed by atoms with van der Waals surface area (Å²) in [5.74, 6) is -0.216. The Morgan fingerprint density at radius 2 is 2.00 bits per heavy atom. The number of carboxylic acids is 1. The van der Waals surface area contributed by atoms with Gasteiger partial charge in [0.25, 0.3) is 0 Å². The number of aliphatic hydroxyl groups is 1. The second-order valence-electron chi connectivity index (χ2n) is 7.90. The Bertz CT molecular complexity index is 1110. The molecule has 3 aromatic rings. The van der Waals surface area contributed by atoms with Crippen LogP contribution in [0.1, 0.15) is 18.4 Å². The Morgan fingerprint density at radius 1 is 1.22 bits per heavy atom. The molecule has 0 aliphatic carbocycles. The summed E-state index contributed by atoms with van der Waals surface area (Å²) in [6.45, 7) is 4.28. The van der Waals surface area contributed by atoms with Crippen LogP contribution in [0.3, 0.4) is 0 Å². The van der Waals surface area contributed by atoms with Gasteiger partial charge in [-0.15, -0.1) is 0 Å². The number of aliphatic carboxylic acids is 1. The summed E-state index contributed by atoms with van der Waals surface area (Å²) in [4.78, 5) is 20.1. The predicted octanol–water partition coefficient (Wildman–Crippen LogP) is 3.14. The average Bonchev–Trinajstić information content (AvgIpc) is 3.22. The van der Waals surface area contributed by atoms with Gasteiger partial charge in [0.15, 0.2) is 0 Å². The summed E-state index contributed by atoms with van der Waals surface area (Å²) >= 11 is 6.31. The minimum Gasteiger partial charge on any atom is -0.495 e. The van der Waals surface area contributed by atoms with E-state index in [1.54, 1.807) is 19.2 Å². The zero-order valence-electron chi connectivity index (χ0n) is 18.0. The number of benzene rings is 1. The third kappa shape index (κ3) is 4.82. The number of anilines is 1. The van der Waals surface area contributed by atoms with E-state index >= 15 is 0 Å². The maximum absolute atomic E-state index is 10.7. The van der Waals surface area contributed by atoms with E-state index in [1.165, 1.54) is 0 Å². The fourth-order valence-electron chi connectivity index (χ4n) is 4.10. The lowest BCUT2D eigenvalue weighted by molar-refractivity contribution is -0.137. The Hall–Kier alpha value is -2.81. The van der Waals surface area contributed by atoms with Crippen LogP contribution in [-0.2, 0) is 11.4 Å². The van der Waals surface area contributed by atoms with Gasteiger partial charge < -0.3 is 24.3 Å². The first-order valence-electron chi connectivity index (χ1n) is 10.6. The molecule has 0 amide bonds. The summed E-state index contributed by atoms with van der Waals surface area (Å²) < 4.78 is 7.21. The molecule has 170 valence electrons. The van der Waals surface area contributed by atoms with Gasteiger partial charge in [0, 0.05) is 62.3 Å². The lowest BCUT2D eigenvalue weighted by Crippen LogP contribution is -2.46. The number of piperazine rings is 1. The molecule has 1 aliphatic rings. The maximum atomic E-state index is 10.7. The molecule has 0 spiro atoms. The number of nitrogens with zero attached hydrogens (tertiary/aromatic N) is 4. The molecule has 32 heavy (non-hydrogen) atoms. The number of aromatic nitrogens is 2.